The molecule has 3 aromatic heterocycles. The first-order valence-electron chi connectivity index (χ1n) is 15.7. The molecule has 3 heterocycles. The highest BCUT2D eigenvalue weighted by Crippen LogP contribution is 2.40. The van der Waals surface area contributed by atoms with Gasteiger partial charge in [0.25, 0.3) is 0 Å². The second-order valence-electron chi connectivity index (χ2n) is 12.1. The predicted octanol–water partition coefficient (Wildman–Crippen LogP) is 11.8. The minimum Gasteiger partial charge on any atom is -0.309 e. The number of hydrogen-bond donors (Lipinski definition) is 0. The molecule has 0 saturated carbocycles. The van der Waals surface area contributed by atoms with Crippen LogP contribution in [0.25, 0.3) is 86.3 Å². The number of fused-ring (bicyclic) bond motifs is 9. The van der Waals surface area contributed by atoms with Crippen molar-refractivity contribution in [2.75, 3.05) is 0 Å². The maximum atomic E-state index is 9.58. The van der Waals surface area contributed by atoms with E-state index in [-0.39, 0.29) is 0 Å². The van der Waals surface area contributed by atoms with Gasteiger partial charge in [-0.1, -0.05) is 72.8 Å². The number of benzene rings is 7. The minimum atomic E-state index is 0.688. The summed E-state index contributed by atoms with van der Waals surface area (Å²) in [6.07, 6.45) is 0. The quantitative estimate of drug-likeness (QED) is 0.195. The Balaban J connectivity index is 1.20. The van der Waals surface area contributed by atoms with Gasteiger partial charge in [0.1, 0.15) is 0 Å². The van der Waals surface area contributed by atoms with Crippen molar-refractivity contribution >= 4 is 75.1 Å². The van der Waals surface area contributed by atoms with E-state index in [1.54, 1.807) is 11.3 Å². The molecule has 4 heteroatoms. The molecule has 0 radical (unpaired) electrons. The van der Waals surface area contributed by atoms with Crippen molar-refractivity contribution in [2.24, 2.45) is 0 Å². The number of thiophene rings is 1. The van der Waals surface area contributed by atoms with E-state index < -0.39 is 0 Å². The summed E-state index contributed by atoms with van der Waals surface area (Å²) in [5.41, 5.74) is 10.1. The van der Waals surface area contributed by atoms with Crippen LogP contribution in [0.4, 0.5) is 0 Å². The van der Waals surface area contributed by atoms with Gasteiger partial charge in [-0.25, -0.2) is 0 Å². The zero-order valence-corrected chi connectivity index (χ0v) is 26.0. The van der Waals surface area contributed by atoms with E-state index in [0.29, 0.717) is 5.56 Å². The number of nitriles is 1. The second-order valence-corrected chi connectivity index (χ2v) is 13.2. The normalized spacial score (nSPS) is 11.8. The van der Waals surface area contributed by atoms with Gasteiger partial charge in [-0.05, 0) is 90.0 Å². The number of rotatable bonds is 3. The Labute approximate surface area is 274 Å². The molecular formula is C43H25N3S. The van der Waals surface area contributed by atoms with Gasteiger partial charge in [0.15, 0.2) is 0 Å². The summed E-state index contributed by atoms with van der Waals surface area (Å²) in [6.45, 7) is 0. The van der Waals surface area contributed by atoms with Crippen molar-refractivity contribution in [1.82, 2.24) is 9.13 Å². The average Bonchev–Trinajstić information content (AvgIpc) is 3.78. The largest absolute Gasteiger partial charge is 0.309 e. The summed E-state index contributed by atoms with van der Waals surface area (Å²) in [4.78, 5) is 0. The topological polar surface area (TPSA) is 33.6 Å². The van der Waals surface area contributed by atoms with Gasteiger partial charge in [0, 0.05) is 53.1 Å². The van der Waals surface area contributed by atoms with Crippen LogP contribution in [0.1, 0.15) is 5.56 Å². The molecular weight excluding hydrogens is 591 g/mol. The molecule has 0 N–H and O–H groups in total. The van der Waals surface area contributed by atoms with Gasteiger partial charge < -0.3 is 9.13 Å². The van der Waals surface area contributed by atoms with Gasteiger partial charge in [0.2, 0.25) is 0 Å². The molecule has 0 saturated heterocycles. The Hall–Kier alpha value is -6.15. The van der Waals surface area contributed by atoms with Crippen LogP contribution in [-0.2, 0) is 0 Å². The molecule has 0 atom stereocenters. The SMILES string of the molecule is N#Cc1ccc2sc3ccc(-n4c5ccccc5c5ccc(-c6ccc7c(c6)c6ccccc6n7-c6ccccc6)cc54)cc3c2c1. The summed E-state index contributed by atoms with van der Waals surface area (Å²) in [5.74, 6) is 0. The minimum absolute atomic E-state index is 0.688. The second kappa shape index (κ2) is 9.92. The van der Waals surface area contributed by atoms with Crippen LogP contribution < -0.4 is 0 Å². The summed E-state index contributed by atoms with van der Waals surface area (Å²) in [6, 6.07) is 56.8. The van der Waals surface area contributed by atoms with Crippen LogP contribution in [0.15, 0.2) is 152 Å². The molecule has 10 rings (SSSR count). The van der Waals surface area contributed by atoms with Crippen molar-refractivity contribution in [1.29, 1.82) is 5.26 Å². The lowest BCUT2D eigenvalue weighted by Gasteiger charge is -2.10. The fraction of sp³-hybridized carbons (Fsp3) is 0. The van der Waals surface area contributed by atoms with E-state index in [0.717, 1.165) is 16.8 Å². The highest BCUT2D eigenvalue weighted by atomic mass is 32.1. The number of para-hydroxylation sites is 3. The highest BCUT2D eigenvalue weighted by molar-refractivity contribution is 7.25. The Morgan fingerprint density at radius 2 is 1.00 bits per heavy atom. The fourth-order valence-electron chi connectivity index (χ4n) is 7.41. The first-order chi connectivity index (χ1) is 23.2. The lowest BCUT2D eigenvalue weighted by Crippen LogP contribution is -1.94. The van der Waals surface area contributed by atoms with Crippen LogP contribution in [-0.4, -0.2) is 9.13 Å². The Bertz CT molecular complexity index is 2910. The standard InChI is InChI=1S/C43H25N3S/c44-26-27-14-20-42-36(22-27)37-25-31(17-21-43(37)47-42)46-38-12-6-4-10-32(38)34-18-15-29(24-41(34)46)28-16-19-40-35(23-28)33-11-5-7-13-39(33)45(40)30-8-2-1-3-9-30/h1-25H. The van der Waals surface area contributed by atoms with Crippen molar-refractivity contribution < 1.29 is 0 Å². The Morgan fingerprint density at radius 3 is 1.79 bits per heavy atom. The van der Waals surface area contributed by atoms with Gasteiger partial charge in [-0.2, -0.15) is 5.26 Å². The Kier molecular flexibility index (Phi) is 5.51. The monoisotopic (exact) mass is 615 g/mol. The fourth-order valence-corrected chi connectivity index (χ4v) is 8.48. The summed E-state index contributed by atoms with van der Waals surface area (Å²) >= 11 is 1.78. The summed E-state index contributed by atoms with van der Waals surface area (Å²) in [5, 5.41) is 16.9. The van der Waals surface area contributed by atoms with Gasteiger partial charge >= 0.3 is 0 Å². The third kappa shape index (κ3) is 3.85. The lowest BCUT2D eigenvalue weighted by atomic mass is 10.0. The van der Waals surface area contributed by atoms with E-state index in [4.69, 9.17) is 0 Å². The van der Waals surface area contributed by atoms with Gasteiger partial charge in [-0.15, -0.1) is 11.3 Å². The third-order valence-corrected chi connectivity index (χ3v) is 10.7. The highest BCUT2D eigenvalue weighted by Gasteiger charge is 2.17. The first kappa shape index (κ1) is 26.1. The van der Waals surface area contributed by atoms with Crippen molar-refractivity contribution in [3.8, 4) is 28.6 Å². The molecule has 0 amide bonds. The zero-order chi connectivity index (χ0) is 31.1. The first-order valence-corrected chi connectivity index (χ1v) is 16.6. The molecule has 0 fully saturated rings. The third-order valence-electron chi connectivity index (χ3n) is 9.53. The molecule has 10 aromatic rings. The van der Waals surface area contributed by atoms with Gasteiger partial charge in [0.05, 0.1) is 33.7 Å². The molecule has 0 spiro atoms. The maximum Gasteiger partial charge on any atom is 0.0991 e. The smallest absolute Gasteiger partial charge is 0.0991 e. The predicted molar refractivity (Wildman–Crippen MR) is 198 cm³/mol. The van der Waals surface area contributed by atoms with Crippen LogP contribution in [0.5, 0.6) is 0 Å². The average molecular weight is 616 g/mol. The Morgan fingerprint density at radius 1 is 0.404 bits per heavy atom. The van der Waals surface area contributed by atoms with Crippen LogP contribution in [0, 0.1) is 11.3 Å². The number of nitrogens with zero attached hydrogens (tertiary/aromatic N) is 3. The molecule has 0 aliphatic carbocycles. The lowest BCUT2D eigenvalue weighted by molar-refractivity contribution is 1.18. The van der Waals surface area contributed by atoms with Crippen LogP contribution >= 0.6 is 11.3 Å². The van der Waals surface area contributed by atoms with E-state index in [1.807, 2.05) is 12.1 Å². The van der Waals surface area contributed by atoms with E-state index >= 15 is 0 Å². The molecule has 0 aliphatic heterocycles. The molecule has 0 bridgehead atoms. The van der Waals surface area contributed by atoms with E-state index in [9.17, 15) is 5.26 Å². The van der Waals surface area contributed by atoms with E-state index in [1.165, 1.54) is 69.5 Å². The van der Waals surface area contributed by atoms with Crippen LogP contribution in [0.2, 0.25) is 0 Å². The molecule has 7 aromatic carbocycles. The van der Waals surface area contributed by atoms with Crippen LogP contribution in [0.3, 0.4) is 0 Å². The molecule has 0 unspecified atom stereocenters. The summed E-state index contributed by atoms with van der Waals surface area (Å²) in [7, 11) is 0. The van der Waals surface area contributed by atoms with Crippen molar-refractivity contribution in [3.63, 3.8) is 0 Å². The van der Waals surface area contributed by atoms with Crippen molar-refractivity contribution in [2.45, 2.75) is 0 Å². The summed E-state index contributed by atoms with van der Waals surface area (Å²) < 4.78 is 7.18. The zero-order valence-electron chi connectivity index (χ0n) is 25.2. The van der Waals surface area contributed by atoms with Crippen molar-refractivity contribution in [3.05, 3.63) is 157 Å². The molecule has 0 aliphatic rings. The number of aromatic nitrogens is 2. The van der Waals surface area contributed by atoms with Gasteiger partial charge in [-0.3, -0.25) is 0 Å². The van der Waals surface area contributed by atoms with E-state index in [2.05, 4.69) is 155 Å². The maximum absolute atomic E-state index is 9.58. The molecule has 3 nitrogen and oxygen atoms in total. The molecule has 47 heavy (non-hydrogen) atoms. The molecule has 218 valence electrons. The number of hydrogen-bond acceptors (Lipinski definition) is 2.